The van der Waals surface area contributed by atoms with Crippen LogP contribution in [0.3, 0.4) is 0 Å². The number of hydrogen-bond donors (Lipinski definition) is 11. The molecule has 0 aromatic heterocycles. The number of unbranched alkanes of at least 4 members (excludes halogenated alkanes) is 6. The van der Waals surface area contributed by atoms with E-state index in [1.807, 2.05) is 13.8 Å². The second kappa shape index (κ2) is 31.8. The summed E-state index contributed by atoms with van der Waals surface area (Å²) < 4.78 is 5.88. The molecule has 8 amide bonds. The molecule has 0 aliphatic carbocycles. The number of hydrogen-bond acceptors (Lipinski definition) is 13. The Hall–Kier alpha value is -5.22. The van der Waals surface area contributed by atoms with Gasteiger partial charge in [0.05, 0.1) is 25.9 Å². The standard InChI is InChI=1S/C48H80N10O11/c1-4-5-6-7-8-14-25-69-30-39(57-45(65)37(28-59)55-42(62)34-20-15-23-51-34)46(66)54-36(27-32-17-10-9-11-18-32)44(64)53-35(26-31(2)3)43(63)56-38(29-60)48(68)58-24-16-21-40(58)47(67)52-33(41(50)61)19-12-13-22-49/h9-11,17-18,31,33-40,51,59-60H,4-8,12-16,19-30,49H2,1-3H3,(H2,50,61)(H,52,67)(H,53,64)(H,54,66)(H,55,62)(H,56,63)(H,57,65)/t33-,34-,35-,36-,37-,38-,39-,40-/m0/s1. The second-order valence-corrected chi connectivity index (χ2v) is 18.4. The van der Waals surface area contributed by atoms with Crippen molar-refractivity contribution >= 4 is 47.3 Å². The van der Waals surface area contributed by atoms with Crippen molar-refractivity contribution < 1.29 is 53.3 Å². The van der Waals surface area contributed by atoms with Crippen LogP contribution in [-0.4, -0.2) is 157 Å². The van der Waals surface area contributed by atoms with Crippen LogP contribution in [0.15, 0.2) is 30.3 Å². The fourth-order valence-electron chi connectivity index (χ4n) is 8.33. The SMILES string of the molecule is CCCCCCCCOC[C@H](NC(=O)[C@H](CO)NC(=O)[C@@H]1CCCN1)C(=O)N[C@@H](Cc1ccccc1)C(=O)N[C@@H](CC(C)C)C(=O)N[C@@H](CO)C(=O)N1CCC[C@H]1C(=O)N[C@@H](CCCCN)C(N)=O. The van der Waals surface area contributed by atoms with Gasteiger partial charge in [-0.1, -0.05) is 83.2 Å². The van der Waals surface area contributed by atoms with Gasteiger partial charge in [-0.2, -0.15) is 0 Å². The summed E-state index contributed by atoms with van der Waals surface area (Å²) >= 11 is 0. The summed E-state index contributed by atoms with van der Waals surface area (Å²) in [7, 11) is 0. The van der Waals surface area contributed by atoms with Crippen LogP contribution in [0.25, 0.3) is 0 Å². The number of benzene rings is 1. The highest BCUT2D eigenvalue weighted by molar-refractivity contribution is 5.98. The number of carbonyl (C=O) groups is 8. The van der Waals surface area contributed by atoms with Gasteiger partial charge in [0.25, 0.3) is 0 Å². The number of amides is 8. The minimum absolute atomic E-state index is 0.0444. The van der Waals surface area contributed by atoms with E-state index in [4.69, 9.17) is 16.2 Å². The third-order valence-electron chi connectivity index (χ3n) is 12.3. The molecule has 2 heterocycles. The van der Waals surface area contributed by atoms with E-state index in [2.05, 4.69) is 44.1 Å². The molecule has 3 rings (SSSR count). The molecule has 69 heavy (non-hydrogen) atoms. The molecule has 0 radical (unpaired) electrons. The Kier molecular flexibility index (Phi) is 26.8. The minimum atomic E-state index is -1.50. The lowest BCUT2D eigenvalue weighted by Crippen LogP contribution is -2.61. The number of nitrogens with two attached hydrogens (primary N) is 2. The van der Waals surface area contributed by atoms with Gasteiger partial charge in [0.2, 0.25) is 47.3 Å². The van der Waals surface area contributed by atoms with Gasteiger partial charge in [-0.15, -0.1) is 0 Å². The Morgan fingerprint density at radius 2 is 1.32 bits per heavy atom. The Morgan fingerprint density at radius 3 is 1.96 bits per heavy atom. The third-order valence-corrected chi connectivity index (χ3v) is 12.3. The van der Waals surface area contributed by atoms with Gasteiger partial charge in [-0.05, 0) is 82.4 Å². The predicted octanol–water partition coefficient (Wildman–Crippen LogP) is -1.10. The first-order valence-electron chi connectivity index (χ1n) is 24.8. The van der Waals surface area contributed by atoms with Crippen molar-refractivity contribution in [2.24, 2.45) is 17.4 Å². The highest BCUT2D eigenvalue weighted by atomic mass is 16.5. The fraction of sp³-hybridized carbons (Fsp3) is 0.708. The van der Waals surface area contributed by atoms with Crippen molar-refractivity contribution in [3.63, 3.8) is 0 Å². The number of carbonyl (C=O) groups excluding carboxylic acids is 8. The largest absolute Gasteiger partial charge is 0.394 e. The van der Waals surface area contributed by atoms with E-state index in [0.717, 1.165) is 38.5 Å². The summed E-state index contributed by atoms with van der Waals surface area (Å²) in [6, 6.07) is -0.561. The number of ether oxygens (including phenoxy) is 1. The highest BCUT2D eigenvalue weighted by Crippen LogP contribution is 2.20. The van der Waals surface area contributed by atoms with Crippen molar-refractivity contribution in [1.82, 2.24) is 42.1 Å². The van der Waals surface area contributed by atoms with Crippen LogP contribution in [0.2, 0.25) is 0 Å². The Balaban J connectivity index is 1.81. The van der Waals surface area contributed by atoms with Gasteiger partial charge in [0.15, 0.2) is 0 Å². The molecule has 0 spiro atoms. The topological polar surface area (TPSA) is 326 Å². The van der Waals surface area contributed by atoms with Crippen molar-refractivity contribution in [1.29, 1.82) is 0 Å². The molecule has 2 aliphatic heterocycles. The summed E-state index contributed by atoms with van der Waals surface area (Å²) in [5, 5.41) is 39.4. The molecule has 1 aromatic carbocycles. The molecule has 2 aliphatic rings. The van der Waals surface area contributed by atoms with Crippen LogP contribution < -0.4 is 48.7 Å². The molecule has 0 bridgehead atoms. The Labute approximate surface area is 406 Å². The molecule has 2 fully saturated rings. The predicted molar refractivity (Wildman–Crippen MR) is 257 cm³/mol. The molecular formula is C48H80N10O11. The fourth-order valence-corrected chi connectivity index (χ4v) is 8.33. The van der Waals surface area contributed by atoms with Gasteiger partial charge in [0, 0.05) is 19.6 Å². The number of nitrogens with one attached hydrogen (secondary N) is 7. The molecule has 0 saturated carbocycles. The average Bonchev–Trinajstić information content (AvgIpc) is 4.06. The number of aliphatic hydroxyl groups excluding tert-OH is 2. The first-order valence-corrected chi connectivity index (χ1v) is 24.8. The van der Waals surface area contributed by atoms with Crippen LogP contribution in [0.5, 0.6) is 0 Å². The smallest absolute Gasteiger partial charge is 0.248 e. The van der Waals surface area contributed by atoms with Crippen molar-refractivity contribution in [2.45, 2.75) is 165 Å². The van der Waals surface area contributed by atoms with Crippen LogP contribution in [0.4, 0.5) is 0 Å². The molecule has 21 nitrogen and oxygen atoms in total. The summed E-state index contributed by atoms with van der Waals surface area (Å²) in [6.45, 7) is 5.35. The van der Waals surface area contributed by atoms with Crippen LogP contribution in [-0.2, 0) is 49.5 Å². The van der Waals surface area contributed by atoms with Crippen LogP contribution in [0, 0.1) is 5.92 Å². The van der Waals surface area contributed by atoms with Gasteiger partial charge in [-0.3, -0.25) is 38.4 Å². The number of rotatable bonds is 33. The highest BCUT2D eigenvalue weighted by Gasteiger charge is 2.40. The van der Waals surface area contributed by atoms with E-state index in [9.17, 15) is 48.6 Å². The number of nitrogens with zero attached hydrogens (tertiary/aromatic N) is 1. The molecule has 13 N–H and O–H groups in total. The summed E-state index contributed by atoms with van der Waals surface area (Å²) in [6.07, 6.45) is 9.45. The van der Waals surface area contributed by atoms with Gasteiger partial charge >= 0.3 is 0 Å². The zero-order valence-electron chi connectivity index (χ0n) is 40.8. The second-order valence-electron chi connectivity index (χ2n) is 18.4. The maximum atomic E-state index is 14.3. The zero-order valence-corrected chi connectivity index (χ0v) is 40.8. The van der Waals surface area contributed by atoms with Gasteiger partial charge in [-0.25, -0.2) is 0 Å². The molecular weight excluding hydrogens is 893 g/mol. The molecule has 388 valence electrons. The number of primary amides is 1. The van der Waals surface area contributed by atoms with E-state index in [1.54, 1.807) is 30.3 Å². The molecule has 1 aromatic rings. The van der Waals surface area contributed by atoms with Crippen molar-refractivity contribution in [3.05, 3.63) is 35.9 Å². The van der Waals surface area contributed by atoms with Crippen LogP contribution >= 0.6 is 0 Å². The first kappa shape index (κ1) is 58.1. The Morgan fingerprint density at radius 1 is 0.710 bits per heavy atom. The van der Waals surface area contributed by atoms with E-state index < -0.39 is 109 Å². The summed E-state index contributed by atoms with van der Waals surface area (Å²) in [4.78, 5) is 110. The number of aliphatic hydroxyl groups is 2. The lowest BCUT2D eigenvalue weighted by atomic mass is 10.0. The quantitative estimate of drug-likeness (QED) is 0.0374. The minimum Gasteiger partial charge on any atom is -0.394 e. The van der Waals surface area contributed by atoms with Gasteiger partial charge < -0.3 is 68.5 Å². The Bertz CT molecular complexity index is 1780. The van der Waals surface area contributed by atoms with Gasteiger partial charge in [0.1, 0.15) is 42.3 Å². The molecule has 2 saturated heterocycles. The van der Waals surface area contributed by atoms with E-state index in [-0.39, 0.29) is 51.4 Å². The molecule has 8 atom stereocenters. The van der Waals surface area contributed by atoms with E-state index >= 15 is 0 Å². The third kappa shape index (κ3) is 20.3. The summed E-state index contributed by atoms with van der Waals surface area (Å²) in [5.74, 6) is -5.93. The summed E-state index contributed by atoms with van der Waals surface area (Å²) in [5.41, 5.74) is 11.8. The lowest BCUT2D eigenvalue weighted by Gasteiger charge is -2.30. The molecule has 0 unspecified atom stereocenters. The zero-order chi connectivity index (χ0) is 50.7. The van der Waals surface area contributed by atoms with E-state index in [0.29, 0.717) is 50.8 Å². The maximum absolute atomic E-state index is 14.3. The molecule has 21 heteroatoms. The van der Waals surface area contributed by atoms with Crippen molar-refractivity contribution in [3.8, 4) is 0 Å². The first-order chi connectivity index (χ1) is 33.1. The average molecular weight is 973 g/mol. The lowest BCUT2D eigenvalue weighted by molar-refractivity contribution is -0.143. The number of likely N-dealkylation sites (tertiary alicyclic amines) is 1. The normalized spacial score (nSPS) is 18.3. The van der Waals surface area contributed by atoms with E-state index in [1.165, 1.54) is 4.90 Å². The van der Waals surface area contributed by atoms with Crippen molar-refractivity contribution in [2.75, 3.05) is 46.1 Å². The monoisotopic (exact) mass is 973 g/mol. The maximum Gasteiger partial charge on any atom is 0.248 e. The van der Waals surface area contributed by atoms with Crippen LogP contribution in [0.1, 0.15) is 116 Å².